The molecule has 0 saturated carbocycles. The minimum absolute atomic E-state index is 0.710. The topological polar surface area (TPSA) is 56.7 Å². The van der Waals surface area contributed by atoms with Gasteiger partial charge in [-0.2, -0.15) is 0 Å². The number of aryl methyl sites for hydroxylation is 1. The van der Waals surface area contributed by atoms with Gasteiger partial charge in [-0.25, -0.2) is 0 Å². The molecule has 0 amide bonds. The Kier molecular flexibility index (Phi) is 3.55. The van der Waals surface area contributed by atoms with E-state index in [2.05, 4.69) is 10.2 Å². The molecule has 1 rings (SSSR count). The van der Waals surface area contributed by atoms with Gasteiger partial charge in [-0.05, 0) is 19.2 Å². The molecule has 0 aliphatic carbocycles. The Labute approximate surface area is 76.5 Å². The Morgan fingerprint density at radius 1 is 1.50 bits per heavy atom. The van der Waals surface area contributed by atoms with Crippen molar-refractivity contribution in [2.24, 2.45) is 12.8 Å². The lowest BCUT2D eigenvalue weighted by atomic mass is 10.3. The highest BCUT2D eigenvalue weighted by atomic mass is 32.2. The molecule has 0 aliphatic rings. The standard InChI is InChI=1S/C7H14N4S/c1-11-6(4-3-5-8)9-10-7(11)12-2/h3-5,8H2,1-2H3. The van der Waals surface area contributed by atoms with Gasteiger partial charge in [-0.3, -0.25) is 0 Å². The van der Waals surface area contributed by atoms with Crippen molar-refractivity contribution >= 4 is 11.8 Å². The fourth-order valence-corrected chi connectivity index (χ4v) is 1.50. The van der Waals surface area contributed by atoms with Crippen LogP contribution in [0.3, 0.4) is 0 Å². The van der Waals surface area contributed by atoms with Crippen LogP contribution in [-0.2, 0) is 13.5 Å². The molecule has 0 bridgehead atoms. The van der Waals surface area contributed by atoms with Crippen LogP contribution in [0.15, 0.2) is 5.16 Å². The second-order valence-electron chi connectivity index (χ2n) is 2.55. The van der Waals surface area contributed by atoms with E-state index >= 15 is 0 Å². The van der Waals surface area contributed by atoms with Gasteiger partial charge >= 0.3 is 0 Å². The third-order valence-corrected chi connectivity index (χ3v) is 2.43. The first-order valence-corrected chi connectivity index (χ1v) is 5.14. The lowest BCUT2D eigenvalue weighted by Crippen LogP contribution is -2.04. The SMILES string of the molecule is CSc1nnc(CCCN)n1C. The first-order chi connectivity index (χ1) is 5.79. The quantitative estimate of drug-likeness (QED) is 0.693. The molecule has 0 aliphatic heterocycles. The zero-order valence-corrected chi connectivity index (χ0v) is 8.27. The van der Waals surface area contributed by atoms with Gasteiger partial charge in [0.2, 0.25) is 0 Å². The van der Waals surface area contributed by atoms with Crippen molar-refractivity contribution in [3.63, 3.8) is 0 Å². The van der Waals surface area contributed by atoms with E-state index < -0.39 is 0 Å². The van der Waals surface area contributed by atoms with E-state index in [0.717, 1.165) is 23.8 Å². The van der Waals surface area contributed by atoms with E-state index in [-0.39, 0.29) is 0 Å². The van der Waals surface area contributed by atoms with Crippen LogP contribution < -0.4 is 5.73 Å². The fraction of sp³-hybridized carbons (Fsp3) is 0.714. The molecular weight excluding hydrogens is 172 g/mol. The first kappa shape index (κ1) is 9.54. The Balaban J connectivity index is 2.66. The summed E-state index contributed by atoms with van der Waals surface area (Å²) in [6, 6.07) is 0. The Morgan fingerprint density at radius 3 is 2.75 bits per heavy atom. The minimum atomic E-state index is 0.710. The van der Waals surface area contributed by atoms with Gasteiger partial charge in [0.1, 0.15) is 5.82 Å². The number of rotatable bonds is 4. The molecule has 5 heteroatoms. The lowest BCUT2D eigenvalue weighted by molar-refractivity contribution is 0.700. The van der Waals surface area contributed by atoms with E-state index in [1.54, 1.807) is 11.8 Å². The number of hydrogen-bond acceptors (Lipinski definition) is 4. The van der Waals surface area contributed by atoms with Gasteiger partial charge in [0, 0.05) is 13.5 Å². The molecule has 0 fully saturated rings. The van der Waals surface area contributed by atoms with Crippen LogP contribution in [0, 0.1) is 0 Å². The largest absolute Gasteiger partial charge is 0.330 e. The monoisotopic (exact) mass is 186 g/mol. The van der Waals surface area contributed by atoms with Crippen molar-refractivity contribution in [3.8, 4) is 0 Å². The van der Waals surface area contributed by atoms with Gasteiger partial charge in [0.05, 0.1) is 0 Å². The third-order valence-electron chi connectivity index (χ3n) is 1.71. The summed E-state index contributed by atoms with van der Waals surface area (Å²) in [4.78, 5) is 0. The van der Waals surface area contributed by atoms with E-state index in [9.17, 15) is 0 Å². The van der Waals surface area contributed by atoms with Crippen LogP contribution in [0.2, 0.25) is 0 Å². The molecule has 0 aromatic carbocycles. The second kappa shape index (κ2) is 4.47. The molecule has 0 radical (unpaired) electrons. The number of nitrogens with zero attached hydrogens (tertiary/aromatic N) is 3. The fourth-order valence-electron chi connectivity index (χ4n) is 1.00. The molecule has 0 unspecified atom stereocenters. The zero-order chi connectivity index (χ0) is 8.97. The predicted molar refractivity (Wildman–Crippen MR) is 50.2 cm³/mol. The molecule has 0 atom stereocenters. The van der Waals surface area contributed by atoms with Crippen molar-refractivity contribution in [3.05, 3.63) is 5.82 Å². The molecular formula is C7H14N4S. The van der Waals surface area contributed by atoms with Crippen molar-refractivity contribution < 1.29 is 0 Å². The molecule has 68 valence electrons. The third kappa shape index (κ3) is 1.98. The van der Waals surface area contributed by atoms with Crippen LogP contribution in [-0.4, -0.2) is 27.6 Å². The van der Waals surface area contributed by atoms with Crippen LogP contribution in [0.25, 0.3) is 0 Å². The van der Waals surface area contributed by atoms with Gasteiger partial charge in [-0.15, -0.1) is 10.2 Å². The van der Waals surface area contributed by atoms with Crippen molar-refractivity contribution in [1.29, 1.82) is 0 Å². The number of aromatic nitrogens is 3. The van der Waals surface area contributed by atoms with E-state index in [1.807, 2.05) is 17.9 Å². The van der Waals surface area contributed by atoms with Gasteiger partial charge < -0.3 is 10.3 Å². The molecule has 2 N–H and O–H groups in total. The summed E-state index contributed by atoms with van der Waals surface area (Å²) in [7, 11) is 1.98. The summed E-state index contributed by atoms with van der Waals surface area (Å²) >= 11 is 1.61. The predicted octanol–water partition coefficient (Wildman–Crippen LogP) is 0.428. The summed E-state index contributed by atoms with van der Waals surface area (Å²) in [5.74, 6) is 1.02. The minimum Gasteiger partial charge on any atom is -0.330 e. The Morgan fingerprint density at radius 2 is 2.25 bits per heavy atom. The van der Waals surface area contributed by atoms with Crippen molar-refractivity contribution in [2.45, 2.75) is 18.0 Å². The average Bonchev–Trinajstić information content (AvgIpc) is 2.43. The molecule has 12 heavy (non-hydrogen) atoms. The van der Waals surface area contributed by atoms with Gasteiger partial charge in [0.25, 0.3) is 0 Å². The highest BCUT2D eigenvalue weighted by molar-refractivity contribution is 7.98. The highest BCUT2D eigenvalue weighted by Gasteiger charge is 2.05. The summed E-state index contributed by atoms with van der Waals surface area (Å²) in [5.41, 5.74) is 5.40. The first-order valence-electron chi connectivity index (χ1n) is 3.92. The van der Waals surface area contributed by atoms with Crippen molar-refractivity contribution in [1.82, 2.24) is 14.8 Å². The summed E-state index contributed by atoms with van der Waals surface area (Å²) in [5, 5.41) is 9.04. The molecule has 1 aromatic heterocycles. The second-order valence-corrected chi connectivity index (χ2v) is 3.33. The van der Waals surface area contributed by atoms with Crippen LogP contribution >= 0.6 is 11.8 Å². The summed E-state index contributed by atoms with van der Waals surface area (Å²) in [6.45, 7) is 0.710. The van der Waals surface area contributed by atoms with Crippen LogP contribution in [0.4, 0.5) is 0 Å². The molecule has 1 heterocycles. The summed E-state index contributed by atoms with van der Waals surface area (Å²) in [6.07, 6.45) is 3.89. The highest BCUT2D eigenvalue weighted by Crippen LogP contribution is 2.11. The lowest BCUT2D eigenvalue weighted by Gasteiger charge is -1.99. The summed E-state index contributed by atoms with van der Waals surface area (Å²) < 4.78 is 2.01. The smallest absolute Gasteiger partial charge is 0.190 e. The van der Waals surface area contributed by atoms with Gasteiger partial charge in [0.15, 0.2) is 5.16 Å². The normalized spacial score (nSPS) is 10.6. The zero-order valence-electron chi connectivity index (χ0n) is 7.45. The van der Waals surface area contributed by atoms with Crippen LogP contribution in [0.5, 0.6) is 0 Å². The maximum Gasteiger partial charge on any atom is 0.190 e. The molecule has 1 aromatic rings. The maximum atomic E-state index is 5.40. The number of nitrogens with two attached hydrogens (primary N) is 1. The Bertz CT molecular complexity index is 246. The van der Waals surface area contributed by atoms with Crippen molar-refractivity contribution in [2.75, 3.05) is 12.8 Å². The number of hydrogen-bond donors (Lipinski definition) is 1. The maximum absolute atomic E-state index is 5.40. The molecule has 0 spiro atoms. The van der Waals surface area contributed by atoms with Crippen LogP contribution in [0.1, 0.15) is 12.2 Å². The van der Waals surface area contributed by atoms with E-state index in [4.69, 9.17) is 5.73 Å². The molecule has 4 nitrogen and oxygen atoms in total. The average molecular weight is 186 g/mol. The van der Waals surface area contributed by atoms with E-state index in [0.29, 0.717) is 6.54 Å². The number of thioether (sulfide) groups is 1. The van der Waals surface area contributed by atoms with Gasteiger partial charge in [-0.1, -0.05) is 11.8 Å². The van der Waals surface area contributed by atoms with E-state index in [1.165, 1.54) is 0 Å². The Hall–Kier alpha value is -0.550. The molecule has 0 saturated heterocycles.